The van der Waals surface area contributed by atoms with Crippen LogP contribution in [0.3, 0.4) is 0 Å². The molecule has 0 unspecified atom stereocenters. The second-order valence-electron chi connectivity index (χ2n) is 4.26. The molecular formula is C14H13ClF2N2O. The van der Waals surface area contributed by atoms with Crippen LogP contribution >= 0.6 is 11.6 Å². The van der Waals surface area contributed by atoms with E-state index in [1.165, 1.54) is 12.1 Å². The summed E-state index contributed by atoms with van der Waals surface area (Å²) in [5, 5.41) is 0.246. The molecule has 0 aliphatic rings. The molecule has 1 heterocycles. The van der Waals surface area contributed by atoms with Crippen molar-refractivity contribution < 1.29 is 13.5 Å². The van der Waals surface area contributed by atoms with Crippen LogP contribution in [0.4, 0.5) is 8.78 Å². The van der Waals surface area contributed by atoms with Gasteiger partial charge >= 0.3 is 0 Å². The lowest BCUT2D eigenvalue weighted by Crippen LogP contribution is -2.02. The first kappa shape index (κ1) is 14.7. The third-order valence-corrected chi connectivity index (χ3v) is 3.05. The predicted molar refractivity (Wildman–Crippen MR) is 72.2 cm³/mol. The van der Waals surface area contributed by atoms with E-state index in [1.54, 1.807) is 6.92 Å². The molecule has 2 rings (SSSR count). The van der Waals surface area contributed by atoms with Gasteiger partial charge in [0, 0.05) is 12.0 Å². The molecule has 0 amide bonds. The molecule has 3 nitrogen and oxygen atoms in total. The molecule has 0 saturated heterocycles. The quantitative estimate of drug-likeness (QED) is 0.782. The van der Waals surface area contributed by atoms with Crippen LogP contribution in [0.1, 0.15) is 24.7 Å². The van der Waals surface area contributed by atoms with Gasteiger partial charge in [0.15, 0.2) is 11.6 Å². The molecule has 0 atom stereocenters. The Morgan fingerprint density at radius 1 is 1.25 bits per heavy atom. The van der Waals surface area contributed by atoms with Gasteiger partial charge in [-0.25, -0.2) is 9.37 Å². The molecule has 0 spiro atoms. The Labute approximate surface area is 120 Å². The summed E-state index contributed by atoms with van der Waals surface area (Å²) >= 11 is 5.99. The standard InChI is InChI=1S/C14H13ClF2N2O/c1-3-5-11-18-13(15)8(2)14(19-11)20-10-7-4-6-9(16)12(10)17/h4,6-7H,3,5H2,1-2H3. The fourth-order valence-electron chi connectivity index (χ4n) is 1.61. The maximum atomic E-state index is 13.6. The fraction of sp³-hybridized carbons (Fsp3) is 0.286. The minimum atomic E-state index is -1.06. The largest absolute Gasteiger partial charge is 0.435 e. The average molecular weight is 299 g/mol. The Bertz CT molecular complexity index is 635. The summed E-state index contributed by atoms with van der Waals surface area (Å²) in [5.74, 6) is -1.62. The van der Waals surface area contributed by atoms with Gasteiger partial charge in [-0.3, -0.25) is 0 Å². The zero-order chi connectivity index (χ0) is 14.7. The Kier molecular flexibility index (Phi) is 4.49. The molecule has 0 fully saturated rings. The van der Waals surface area contributed by atoms with Crippen LogP contribution in [-0.4, -0.2) is 9.97 Å². The fourth-order valence-corrected chi connectivity index (χ4v) is 1.79. The highest BCUT2D eigenvalue weighted by Crippen LogP contribution is 2.29. The van der Waals surface area contributed by atoms with Gasteiger partial charge in [-0.15, -0.1) is 0 Å². The van der Waals surface area contributed by atoms with Crippen molar-refractivity contribution in [3.63, 3.8) is 0 Å². The third-order valence-electron chi connectivity index (χ3n) is 2.68. The van der Waals surface area contributed by atoms with Crippen LogP contribution in [0.15, 0.2) is 18.2 Å². The van der Waals surface area contributed by atoms with Crippen molar-refractivity contribution in [1.82, 2.24) is 9.97 Å². The molecule has 1 aromatic heterocycles. The Morgan fingerprint density at radius 2 is 2.00 bits per heavy atom. The number of aromatic nitrogens is 2. The zero-order valence-corrected chi connectivity index (χ0v) is 11.8. The lowest BCUT2D eigenvalue weighted by Gasteiger charge is -2.11. The van der Waals surface area contributed by atoms with E-state index in [1.807, 2.05) is 6.92 Å². The second-order valence-corrected chi connectivity index (χ2v) is 4.62. The number of aryl methyl sites for hydroxylation is 1. The molecule has 0 aliphatic heterocycles. The zero-order valence-electron chi connectivity index (χ0n) is 11.1. The first-order valence-corrected chi connectivity index (χ1v) is 6.55. The molecular weight excluding hydrogens is 286 g/mol. The van der Waals surface area contributed by atoms with Crippen LogP contribution in [0.2, 0.25) is 5.15 Å². The van der Waals surface area contributed by atoms with Crippen molar-refractivity contribution in [3.05, 3.63) is 46.4 Å². The van der Waals surface area contributed by atoms with E-state index in [-0.39, 0.29) is 16.8 Å². The first-order chi connectivity index (χ1) is 9.52. The van der Waals surface area contributed by atoms with Gasteiger partial charge in [0.05, 0.1) is 0 Å². The van der Waals surface area contributed by atoms with E-state index in [4.69, 9.17) is 16.3 Å². The van der Waals surface area contributed by atoms with E-state index in [0.29, 0.717) is 17.8 Å². The van der Waals surface area contributed by atoms with Gasteiger partial charge in [0.25, 0.3) is 0 Å². The summed E-state index contributed by atoms with van der Waals surface area (Å²) in [7, 11) is 0. The monoisotopic (exact) mass is 298 g/mol. The van der Waals surface area contributed by atoms with Gasteiger partial charge in [0.1, 0.15) is 11.0 Å². The van der Waals surface area contributed by atoms with Crippen LogP contribution in [0.5, 0.6) is 11.6 Å². The van der Waals surface area contributed by atoms with Crippen LogP contribution in [0.25, 0.3) is 0 Å². The maximum Gasteiger partial charge on any atom is 0.227 e. The molecule has 0 N–H and O–H groups in total. The van der Waals surface area contributed by atoms with E-state index < -0.39 is 11.6 Å². The summed E-state index contributed by atoms with van der Waals surface area (Å²) in [4.78, 5) is 8.29. The summed E-state index contributed by atoms with van der Waals surface area (Å²) in [5.41, 5.74) is 0.482. The number of halogens is 3. The van der Waals surface area contributed by atoms with Crippen molar-refractivity contribution in [3.8, 4) is 11.6 Å². The van der Waals surface area contributed by atoms with Crippen molar-refractivity contribution in [2.45, 2.75) is 26.7 Å². The normalized spacial score (nSPS) is 10.7. The molecule has 0 bridgehead atoms. The molecule has 0 saturated carbocycles. The minimum absolute atomic E-state index is 0.137. The van der Waals surface area contributed by atoms with Crippen molar-refractivity contribution in [1.29, 1.82) is 0 Å². The number of rotatable bonds is 4. The topological polar surface area (TPSA) is 35.0 Å². The average Bonchev–Trinajstić information content (AvgIpc) is 2.41. The number of hydrogen-bond donors (Lipinski definition) is 0. The van der Waals surface area contributed by atoms with Gasteiger partial charge in [-0.2, -0.15) is 9.37 Å². The van der Waals surface area contributed by atoms with E-state index >= 15 is 0 Å². The van der Waals surface area contributed by atoms with Crippen LogP contribution in [0, 0.1) is 18.6 Å². The number of benzene rings is 1. The second kappa shape index (κ2) is 6.13. The molecule has 0 aliphatic carbocycles. The van der Waals surface area contributed by atoms with Crippen molar-refractivity contribution in [2.75, 3.05) is 0 Å². The highest BCUT2D eigenvalue weighted by atomic mass is 35.5. The molecule has 6 heteroatoms. The summed E-state index contributed by atoms with van der Waals surface area (Å²) in [6, 6.07) is 3.71. The lowest BCUT2D eigenvalue weighted by molar-refractivity contribution is 0.401. The summed E-state index contributed by atoms with van der Waals surface area (Å²) in [6.07, 6.45) is 1.47. The van der Waals surface area contributed by atoms with Gasteiger partial charge in [0.2, 0.25) is 11.7 Å². The highest BCUT2D eigenvalue weighted by Gasteiger charge is 2.15. The predicted octanol–water partition coefficient (Wildman–Crippen LogP) is 4.46. The Hall–Kier alpha value is -1.75. The molecule has 0 radical (unpaired) electrons. The molecule has 20 heavy (non-hydrogen) atoms. The van der Waals surface area contributed by atoms with Gasteiger partial charge in [-0.05, 0) is 25.5 Å². The van der Waals surface area contributed by atoms with Crippen molar-refractivity contribution >= 4 is 11.6 Å². The van der Waals surface area contributed by atoms with Crippen LogP contribution < -0.4 is 4.74 Å². The summed E-state index contributed by atoms with van der Waals surface area (Å²) in [6.45, 7) is 3.63. The van der Waals surface area contributed by atoms with Crippen LogP contribution in [-0.2, 0) is 6.42 Å². The minimum Gasteiger partial charge on any atom is -0.435 e. The van der Waals surface area contributed by atoms with Gasteiger partial charge < -0.3 is 4.74 Å². The molecule has 2 aromatic rings. The number of ether oxygens (including phenoxy) is 1. The number of hydrogen-bond acceptors (Lipinski definition) is 3. The maximum absolute atomic E-state index is 13.6. The molecule has 1 aromatic carbocycles. The highest BCUT2D eigenvalue weighted by molar-refractivity contribution is 6.30. The smallest absolute Gasteiger partial charge is 0.227 e. The lowest BCUT2D eigenvalue weighted by atomic mass is 10.3. The SMILES string of the molecule is CCCc1nc(Cl)c(C)c(Oc2cccc(F)c2F)n1. The molecule has 106 valence electrons. The summed E-state index contributed by atoms with van der Waals surface area (Å²) < 4.78 is 32.1. The van der Waals surface area contributed by atoms with Crippen molar-refractivity contribution in [2.24, 2.45) is 0 Å². The first-order valence-electron chi connectivity index (χ1n) is 6.17. The Balaban J connectivity index is 2.39. The Morgan fingerprint density at radius 3 is 2.70 bits per heavy atom. The van der Waals surface area contributed by atoms with E-state index in [9.17, 15) is 8.78 Å². The number of nitrogens with zero attached hydrogens (tertiary/aromatic N) is 2. The third kappa shape index (κ3) is 3.04. The van der Waals surface area contributed by atoms with E-state index in [0.717, 1.165) is 12.5 Å². The van der Waals surface area contributed by atoms with E-state index in [2.05, 4.69) is 9.97 Å². The van der Waals surface area contributed by atoms with Gasteiger partial charge in [-0.1, -0.05) is 24.6 Å².